The highest BCUT2D eigenvalue weighted by molar-refractivity contribution is 8.02. The van der Waals surface area contributed by atoms with Crippen LogP contribution >= 0.6 is 11.8 Å². The molecule has 1 heterocycles. The van der Waals surface area contributed by atoms with Crippen molar-refractivity contribution in [3.8, 4) is 0 Å². The first-order valence-corrected chi connectivity index (χ1v) is 5.57. The number of esters is 2. The van der Waals surface area contributed by atoms with Crippen LogP contribution in [0.4, 0.5) is 0 Å². The fourth-order valence-electron chi connectivity index (χ4n) is 1.08. The van der Waals surface area contributed by atoms with Gasteiger partial charge in [0.1, 0.15) is 11.7 Å². The Bertz CT molecular complexity index is 290. The Labute approximate surface area is 92.2 Å². The fraction of sp³-hybridized carbons (Fsp3) is 0.556. The summed E-state index contributed by atoms with van der Waals surface area (Å²) in [4.78, 5) is 22.6. The minimum atomic E-state index is -0.478. The Morgan fingerprint density at radius 3 is 3.00 bits per heavy atom. The molecule has 1 rings (SSSR count). The van der Waals surface area contributed by atoms with E-state index in [1.165, 1.54) is 18.9 Å². The average Bonchev–Trinajstić information content (AvgIpc) is 2.28. The number of nitrogens with one attached hydrogen (secondary N) is 1. The lowest BCUT2D eigenvalue weighted by molar-refractivity contribution is -0.145. The van der Waals surface area contributed by atoms with Crippen molar-refractivity contribution in [3.05, 3.63) is 11.1 Å². The summed E-state index contributed by atoms with van der Waals surface area (Å²) in [6, 6.07) is -0.478. The molecule has 0 bridgehead atoms. The lowest BCUT2D eigenvalue weighted by atomic mass is 10.3. The second-order valence-corrected chi connectivity index (χ2v) is 3.71. The van der Waals surface area contributed by atoms with E-state index >= 15 is 0 Å². The summed E-state index contributed by atoms with van der Waals surface area (Å²) >= 11 is 1.38. The monoisotopic (exact) mass is 231 g/mol. The Morgan fingerprint density at radius 2 is 2.40 bits per heavy atom. The first-order chi connectivity index (χ1) is 7.19. The molecule has 1 aliphatic rings. The van der Waals surface area contributed by atoms with Gasteiger partial charge in [-0.15, -0.1) is 11.8 Å². The molecule has 1 aliphatic heterocycles. The van der Waals surface area contributed by atoms with Crippen molar-refractivity contribution >= 4 is 23.7 Å². The van der Waals surface area contributed by atoms with Crippen molar-refractivity contribution < 1.29 is 19.1 Å². The van der Waals surface area contributed by atoms with Gasteiger partial charge >= 0.3 is 11.9 Å². The molecule has 1 N–H and O–H groups in total. The summed E-state index contributed by atoms with van der Waals surface area (Å²) in [5, 5.41) is 4.42. The van der Waals surface area contributed by atoms with E-state index < -0.39 is 12.0 Å². The van der Waals surface area contributed by atoms with Crippen LogP contribution in [0.1, 0.15) is 6.92 Å². The molecule has 0 radical (unpaired) electrons. The quantitative estimate of drug-likeness (QED) is 0.703. The van der Waals surface area contributed by atoms with Crippen LogP contribution in [-0.2, 0) is 19.1 Å². The summed E-state index contributed by atoms with van der Waals surface area (Å²) in [5.74, 6) is -0.268. The van der Waals surface area contributed by atoms with E-state index in [1.54, 1.807) is 12.3 Å². The molecule has 0 aromatic rings. The van der Waals surface area contributed by atoms with Gasteiger partial charge in [-0.2, -0.15) is 0 Å². The molecule has 5 nitrogen and oxygen atoms in total. The molecule has 6 heteroatoms. The van der Waals surface area contributed by atoms with Crippen molar-refractivity contribution in [1.29, 1.82) is 0 Å². The van der Waals surface area contributed by atoms with Crippen LogP contribution in [0, 0.1) is 0 Å². The van der Waals surface area contributed by atoms with Gasteiger partial charge < -0.3 is 14.8 Å². The number of hydrogen-bond acceptors (Lipinski definition) is 6. The van der Waals surface area contributed by atoms with Crippen LogP contribution in [0.3, 0.4) is 0 Å². The zero-order chi connectivity index (χ0) is 11.3. The van der Waals surface area contributed by atoms with E-state index in [4.69, 9.17) is 4.74 Å². The summed E-state index contributed by atoms with van der Waals surface area (Å²) in [6.45, 7) is 2.07. The summed E-state index contributed by atoms with van der Waals surface area (Å²) in [7, 11) is 1.30. The molecule has 0 amide bonds. The van der Waals surface area contributed by atoms with E-state index in [2.05, 4.69) is 10.1 Å². The second kappa shape index (κ2) is 5.65. The Balaban J connectivity index is 2.57. The predicted molar refractivity (Wildman–Crippen MR) is 56.1 cm³/mol. The van der Waals surface area contributed by atoms with Gasteiger partial charge in [-0.05, 0) is 6.92 Å². The highest BCUT2D eigenvalue weighted by Gasteiger charge is 2.26. The first-order valence-electron chi connectivity index (χ1n) is 4.52. The molecule has 0 fully saturated rings. The predicted octanol–water partition coefficient (Wildman–Crippen LogP) is 0.269. The minimum Gasteiger partial charge on any atom is -0.464 e. The van der Waals surface area contributed by atoms with Crippen LogP contribution in [0.25, 0.3) is 0 Å². The van der Waals surface area contributed by atoms with Crippen molar-refractivity contribution in [2.24, 2.45) is 0 Å². The van der Waals surface area contributed by atoms with Crippen LogP contribution in [0.2, 0.25) is 0 Å². The second-order valence-electron chi connectivity index (χ2n) is 2.81. The van der Waals surface area contributed by atoms with E-state index in [-0.39, 0.29) is 5.97 Å². The molecule has 0 aromatic heterocycles. The first kappa shape index (κ1) is 11.9. The van der Waals surface area contributed by atoms with Crippen LogP contribution < -0.4 is 5.32 Å². The van der Waals surface area contributed by atoms with Gasteiger partial charge in [0.25, 0.3) is 0 Å². The van der Waals surface area contributed by atoms with E-state index in [0.29, 0.717) is 18.1 Å². The lowest BCUT2D eigenvalue weighted by Gasteiger charge is -2.21. The number of methoxy groups -OCH3 is 1. The van der Waals surface area contributed by atoms with Crippen molar-refractivity contribution in [2.75, 3.05) is 19.5 Å². The van der Waals surface area contributed by atoms with Gasteiger partial charge in [0, 0.05) is 11.2 Å². The Kier molecular flexibility index (Phi) is 4.48. The normalized spacial score (nSPS) is 19.9. The number of rotatable bonds is 3. The third-order valence-electron chi connectivity index (χ3n) is 1.77. The van der Waals surface area contributed by atoms with Crippen molar-refractivity contribution in [1.82, 2.24) is 5.32 Å². The molecule has 1 atom stereocenters. The van der Waals surface area contributed by atoms with Crippen LogP contribution in [0.5, 0.6) is 0 Å². The third kappa shape index (κ3) is 3.16. The van der Waals surface area contributed by atoms with E-state index in [1.807, 2.05) is 0 Å². The molecular weight excluding hydrogens is 218 g/mol. The van der Waals surface area contributed by atoms with Gasteiger partial charge in [-0.25, -0.2) is 9.59 Å². The maximum absolute atomic E-state index is 11.4. The van der Waals surface area contributed by atoms with Crippen molar-refractivity contribution in [2.45, 2.75) is 13.0 Å². The molecule has 0 aromatic carbocycles. The van der Waals surface area contributed by atoms with Gasteiger partial charge in [0.05, 0.1) is 13.7 Å². The highest BCUT2D eigenvalue weighted by atomic mass is 32.2. The Hall–Kier alpha value is -1.17. The summed E-state index contributed by atoms with van der Waals surface area (Å²) in [5.41, 5.74) is 0.298. The lowest BCUT2D eigenvalue weighted by Crippen LogP contribution is -2.43. The van der Waals surface area contributed by atoms with Crippen molar-refractivity contribution in [3.63, 3.8) is 0 Å². The molecule has 0 unspecified atom stereocenters. The molecule has 0 saturated carbocycles. The molecule has 84 valence electrons. The van der Waals surface area contributed by atoms with Gasteiger partial charge in [-0.1, -0.05) is 0 Å². The zero-order valence-electron chi connectivity index (χ0n) is 8.61. The number of hydrogen-bond donors (Lipinski definition) is 1. The average molecular weight is 231 g/mol. The fourth-order valence-corrected chi connectivity index (χ4v) is 1.92. The molecule has 0 saturated heterocycles. The minimum absolute atomic E-state index is 0.298. The Morgan fingerprint density at radius 1 is 1.67 bits per heavy atom. The molecular formula is C9H13NO4S. The number of ether oxygens (including phenoxy) is 2. The number of carbonyl (C=O) groups excluding carboxylic acids is 2. The highest BCUT2D eigenvalue weighted by Crippen LogP contribution is 2.16. The summed E-state index contributed by atoms with van der Waals surface area (Å²) in [6.07, 6.45) is 0. The van der Waals surface area contributed by atoms with Gasteiger partial charge in [0.15, 0.2) is 0 Å². The van der Waals surface area contributed by atoms with Gasteiger partial charge in [-0.3, -0.25) is 0 Å². The topological polar surface area (TPSA) is 64.6 Å². The number of carbonyl (C=O) groups is 2. The maximum Gasteiger partial charge on any atom is 0.354 e. The van der Waals surface area contributed by atoms with E-state index in [0.717, 1.165) is 0 Å². The third-order valence-corrected chi connectivity index (χ3v) is 2.70. The standard InChI is InChI=1S/C9H13NO4S/c1-3-14-9(12)7-5-15-4-6(10-7)8(11)13-2/h4,7,10H,3,5H2,1-2H3/t7-/m0/s1. The molecule has 15 heavy (non-hydrogen) atoms. The SMILES string of the molecule is CCOC(=O)[C@@H]1CSC=C(C(=O)OC)N1. The van der Waals surface area contributed by atoms with Gasteiger partial charge in [0.2, 0.25) is 0 Å². The number of thioether (sulfide) groups is 1. The summed E-state index contributed by atoms with van der Waals surface area (Å²) < 4.78 is 9.39. The zero-order valence-corrected chi connectivity index (χ0v) is 9.43. The smallest absolute Gasteiger partial charge is 0.354 e. The maximum atomic E-state index is 11.4. The largest absolute Gasteiger partial charge is 0.464 e. The van der Waals surface area contributed by atoms with Crippen LogP contribution in [-0.4, -0.2) is 37.4 Å². The molecule has 0 spiro atoms. The van der Waals surface area contributed by atoms with E-state index in [9.17, 15) is 9.59 Å². The molecule has 0 aliphatic carbocycles. The van der Waals surface area contributed by atoms with Crippen LogP contribution in [0.15, 0.2) is 11.1 Å².